The van der Waals surface area contributed by atoms with Gasteiger partial charge in [-0.25, -0.2) is 9.49 Å². The van der Waals surface area contributed by atoms with Gasteiger partial charge in [-0.1, -0.05) is 73.2 Å². The topological polar surface area (TPSA) is 86.4 Å². The van der Waals surface area contributed by atoms with Gasteiger partial charge in [0, 0.05) is 43.9 Å². The van der Waals surface area contributed by atoms with Gasteiger partial charge >= 0.3 is 0 Å². The summed E-state index contributed by atoms with van der Waals surface area (Å²) in [6.45, 7) is 13.8. The van der Waals surface area contributed by atoms with E-state index in [-0.39, 0.29) is 36.3 Å². The number of amides is 2. The molecular weight excluding hydrogens is 495 g/mol. The van der Waals surface area contributed by atoms with E-state index in [1.165, 1.54) is 6.07 Å². The molecule has 1 saturated carbocycles. The molecule has 0 unspecified atom stereocenters. The first-order chi connectivity index (χ1) is 18.5. The number of nitrogens with one attached hydrogen (secondary N) is 1. The minimum atomic E-state index is -0.575. The number of aromatic nitrogens is 2. The molecule has 0 bridgehead atoms. The molecule has 2 fully saturated rings. The Morgan fingerprint density at radius 1 is 0.897 bits per heavy atom. The fraction of sp³-hybridized carbons (Fsp3) is 0.484. The molecule has 1 N–H and O–H groups in total. The predicted octanol–water partition coefficient (Wildman–Crippen LogP) is 6.06. The maximum Gasteiger partial charge on any atom is 0.272 e. The van der Waals surface area contributed by atoms with Crippen molar-refractivity contribution in [3.8, 4) is 0 Å². The van der Waals surface area contributed by atoms with E-state index < -0.39 is 5.82 Å². The number of nitrogens with zero attached hydrogens (tertiary/aromatic N) is 3. The van der Waals surface area contributed by atoms with Crippen LogP contribution in [0.2, 0.25) is 0 Å². The number of H-pyrrole nitrogens is 1. The highest BCUT2D eigenvalue weighted by atomic mass is 19.1. The second-order valence-electron chi connectivity index (χ2n) is 8.43. The van der Waals surface area contributed by atoms with Gasteiger partial charge in [0.1, 0.15) is 5.82 Å². The summed E-state index contributed by atoms with van der Waals surface area (Å²) in [7, 11) is 0. The zero-order valence-corrected chi connectivity index (χ0v) is 23.5. The summed E-state index contributed by atoms with van der Waals surface area (Å²) in [6.07, 6.45) is 2.26. The van der Waals surface area contributed by atoms with E-state index in [1.807, 2.05) is 53.7 Å². The van der Waals surface area contributed by atoms with Crippen molar-refractivity contribution in [3.05, 3.63) is 75.5 Å². The predicted molar refractivity (Wildman–Crippen MR) is 158 cm³/mol. The lowest BCUT2D eigenvalue weighted by atomic mass is 10.0. The Hall–Kier alpha value is -3.55. The second-order valence-corrected chi connectivity index (χ2v) is 8.43. The molecule has 2 heterocycles. The molecule has 1 aromatic heterocycles. The van der Waals surface area contributed by atoms with Crippen molar-refractivity contribution in [1.82, 2.24) is 20.0 Å². The Balaban J connectivity index is 0.00000102. The Morgan fingerprint density at radius 2 is 1.46 bits per heavy atom. The van der Waals surface area contributed by atoms with Crippen LogP contribution in [0.5, 0.6) is 0 Å². The first-order valence-corrected chi connectivity index (χ1v) is 13.8. The van der Waals surface area contributed by atoms with Crippen LogP contribution in [0.4, 0.5) is 4.39 Å². The Morgan fingerprint density at radius 3 is 2.05 bits per heavy atom. The normalized spacial score (nSPS) is 13.9. The fourth-order valence-electron chi connectivity index (χ4n) is 4.23. The zero-order valence-electron chi connectivity index (χ0n) is 23.5. The monoisotopic (exact) mass is 540 g/mol. The van der Waals surface area contributed by atoms with Crippen molar-refractivity contribution in [2.24, 2.45) is 5.92 Å². The van der Waals surface area contributed by atoms with Gasteiger partial charge in [-0.05, 0) is 36.6 Å². The number of fused-ring (bicyclic) bond motifs is 1. The summed E-state index contributed by atoms with van der Waals surface area (Å²) in [4.78, 5) is 40.7. The molecule has 1 aliphatic heterocycles. The molecule has 0 atom stereocenters. The van der Waals surface area contributed by atoms with Crippen LogP contribution in [0.1, 0.15) is 83.4 Å². The van der Waals surface area contributed by atoms with E-state index in [0.717, 1.165) is 23.8 Å². The lowest BCUT2D eigenvalue weighted by molar-refractivity contribution is -0.134. The van der Waals surface area contributed by atoms with Crippen LogP contribution in [-0.2, 0) is 11.2 Å². The summed E-state index contributed by atoms with van der Waals surface area (Å²) < 4.78 is 14.6. The third-order valence-electron chi connectivity index (χ3n) is 6.21. The summed E-state index contributed by atoms with van der Waals surface area (Å²) in [5.74, 6) is -0.619. The van der Waals surface area contributed by atoms with Gasteiger partial charge in [0.2, 0.25) is 5.91 Å². The molecule has 2 aliphatic rings. The molecule has 39 heavy (non-hydrogen) atoms. The van der Waals surface area contributed by atoms with Crippen LogP contribution in [0, 0.1) is 11.7 Å². The number of hydrogen-bond acceptors (Lipinski definition) is 4. The summed E-state index contributed by atoms with van der Waals surface area (Å²) >= 11 is 0. The van der Waals surface area contributed by atoms with Crippen molar-refractivity contribution >= 4 is 22.6 Å². The lowest BCUT2D eigenvalue weighted by Crippen LogP contribution is -2.51. The minimum absolute atomic E-state index is 0. The van der Waals surface area contributed by atoms with E-state index in [2.05, 4.69) is 10.2 Å². The van der Waals surface area contributed by atoms with Crippen LogP contribution in [0.15, 0.2) is 47.3 Å². The summed E-state index contributed by atoms with van der Waals surface area (Å²) in [5, 5.41) is 7.93. The van der Waals surface area contributed by atoms with E-state index in [0.29, 0.717) is 43.7 Å². The molecule has 2 aromatic carbocycles. The highest BCUT2D eigenvalue weighted by Crippen LogP contribution is 2.31. The number of rotatable bonds is 4. The van der Waals surface area contributed by atoms with Crippen molar-refractivity contribution in [2.45, 2.75) is 68.2 Å². The summed E-state index contributed by atoms with van der Waals surface area (Å²) in [6, 6.07) is 11.6. The van der Waals surface area contributed by atoms with E-state index >= 15 is 0 Å². The van der Waals surface area contributed by atoms with Crippen molar-refractivity contribution in [3.63, 3.8) is 0 Å². The zero-order chi connectivity index (χ0) is 28.2. The number of piperazine rings is 1. The Labute approximate surface area is 232 Å². The van der Waals surface area contributed by atoms with Gasteiger partial charge in [-0.3, -0.25) is 14.4 Å². The minimum Gasteiger partial charge on any atom is -0.339 e. The lowest BCUT2D eigenvalue weighted by Gasteiger charge is -2.35. The van der Waals surface area contributed by atoms with Crippen LogP contribution >= 0.6 is 0 Å². The number of carbonyl (C=O) groups is 2. The molecule has 2 amide bonds. The Kier molecular flexibility index (Phi) is 14.1. The number of aromatic amines is 1. The number of halogens is 1. The van der Waals surface area contributed by atoms with Gasteiger partial charge in [-0.15, -0.1) is 0 Å². The van der Waals surface area contributed by atoms with Crippen molar-refractivity contribution in [1.29, 1.82) is 0 Å². The van der Waals surface area contributed by atoms with Gasteiger partial charge in [0.25, 0.3) is 11.5 Å². The van der Waals surface area contributed by atoms with Crippen LogP contribution < -0.4 is 5.56 Å². The molecule has 0 spiro atoms. The van der Waals surface area contributed by atoms with E-state index in [1.54, 1.807) is 34.1 Å². The third kappa shape index (κ3) is 8.22. The summed E-state index contributed by atoms with van der Waals surface area (Å²) in [5.41, 5.74) is 1.12. The van der Waals surface area contributed by atoms with E-state index in [9.17, 15) is 18.8 Å². The fourth-order valence-corrected chi connectivity index (χ4v) is 4.23. The van der Waals surface area contributed by atoms with Gasteiger partial charge in [-0.2, -0.15) is 5.10 Å². The molecule has 1 aliphatic carbocycles. The smallest absolute Gasteiger partial charge is 0.272 e. The maximum absolute atomic E-state index is 14.6. The average molecular weight is 541 g/mol. The molecular formula is C31H45FN4O3. The number of hydrogen-bond donors (Lipinski definition) is 1. The van der Waals surface area contributed by atoms with Gasteiger partial charge in [0.15, 0.2) is 0 Å². The molecule has 3 aromatic rings. The standard InChI is InChI=1S/C24H23FN4O3.3C2H6.CH4/c25-20-8-5-15(14-21-17-3-1-2-4-18(17)22(30)27-26-21)13-19(20)24(32)29-11-9-28(10-12-29)23(31)16-6-7-16;3*1-2;/h1-5,8,13,16H,6-7,9-12,14H2,(H,27,30);3*1-2H3;1H4. The Bertz CT molecular complexity index is 1260. The molecule has 1 saturated heterocycles. The first-order valence-electron chi connectivity index (χ1n) is 13.8. The van der Waals surface area contributed by atoms with Crippen molar-refractivity contribution < 1.29 is 14.0 Å². The SMILES string of the molecule is C.CC.CC.CC.O=C(c1cc(Cc2n[nH]c(=O)c3ccccc23)ccc1F)N1CCN(C(=O)C2CC2)CC1. The maximum atomic E-state index is 14.6. The largest absolute Gasteiger partial charge is 0.339 e. The van der Waals surface area contributed by atoms with Crippen LogP contribution in [0.25, 0.3) is 10.8 Å². The molecule has 8 heteroatoms. The third-order valence-corrected chi connectivity index (χ3v) is 6.21. The van der Waals surface area contributed by atoms with Gasteiger partial charge in [0.05, 0.1) is 16.6 Å². The molecule has 5 rings (SSSR count). The molecule has 0 radical (unpaired) electrons. The average Bonchev–Trinajstić information content (AvgIpc) is 3.84. The van der Waals surface area contributed by atoms with Crippen molar-refractivity contribution in [2.75, 3.05) is 26.2 Å². The number of carbonyl (C=O) groups excluding carboxylic acids is 2. The van der Waals surface area contributed by atoms with Crippen LogP contribution in [-0.4, -0.2) is 58.0 Å². The molecule has 7 nitrogen and oxygen atoms in total. The van der Waals surface area contributed by atoms with Crippen LogP contribution in [0.3, 0.4) is 0 Å². The van der Waals surface area contributed by atoms with Gasteiger partial charge < -0.3 is 9.80 Å². The number of benzene rings is 2. The highest BCUT2D eigenvalue weighted by molar-refractivity contribution is 5.95. The van der Waals surface area contributed by atoms with E-state index in [4.69, 9.17) is 0 Å². The first kappa shape index (κ1) is 33.5. The highest BCUT2D eigenvalue weighted by Gasteiger charge is 2.35. The molecule has 214 valence electrons. The second kappa shape index (κ2) is 16.4. The quantitative estimate of drug-likeness (QED) is 0.436.